The molecule has 0 bridgehead atoms. The minimum Gasteiger partial charge on any atom is -0.499 e. The van der Waals surface area contributed by atoms with Gasteiger partial charge in [0.1, 0.15) is 5.58 Å². The molecule has 4 nitrogen and oxygen atoms in total. The second-order valence-corrected chi connectivity index (χ2v) is 9.41. The fourth-order valence-corrected chi connectivity index (χ4v) is 4.73. The van der Waals surface area contributed by atoms with Crippen molar-refractivity contribution in [2.24, 2.45) is 0 Å². The summed E-state index contributed by atoms with van der Waals surface area (Å²) in [5.41, 5.74) is 3.15. The Balaban J connectivity index is 0.000000284. The summed E-state index contributed by atoms with van der Waals surface area (Å²) in [6.07, 6.45) is 10.6. The molecule has 0 saturated heterocycles. The van der Waals surface area contributed by atoms with E-state index in [0.717, 1.165) is 29.3 Å². The minimum absolute atomic E-state index is 0. The number of furan rings is 1. The van der Waals surface area contributed by atoms with Crippen LogP contribution in [0, 0.1) is 25.9 Å². The van der Waals surface area contributed by atoms with Gasteiger partial charge >= 0.3 is 0 Å². The second kappa shape index (κ2) is 14.6. The summed E-state index contributed by atoms with van der Waals surface area (Å²) in [4.78, 5) is 12.6. The number of pyridine rings is 3. The standard InChI is InChI=1S/C23H21N2O.C6H7N.C6H5.Ir/c1-15-10-11-20(25-14-15)19-9-5-8-17-18-12-13-24-21(23(18)26-22(17)19)16-6-3-2-4-7-16;1-6-3-2-4-7-5-6;1-2-4-6-5-3-1;/h5,8,10-14,16H,2-4,6-7H2,1H3;2-5H,1H3;1-5H;/q-1;;-1;/i1D3,10D,11D,14D;;;. The Morgan fingerprint density at radius 1 is 0.875 bits per heavy atom. The first kappa shape index (κ1) is 22.1. The van der Waals surface area contributed by atoms with Crippen LogP contribution in [0.25, 0.3) is 33.2 Å². The first-order chi connectivity index (χ1) is 21.7. The van der Waals surface area contributed by atoms with Crippen LogP contribution >= 0.6 is 0 Å². The maximum Gasteiger partial charge on any atom is 0.142 e. The van der Waals surface area contributed by atoms with Crippen molar-refractivity contribution in [3.63, 3.8) is 0 Å². The molecule has 0 spiro atoms. The van der Waals surface area contributed by atoms with Crippen molar-refractivity contribution < 1.29 is 32.7 Å². The number of hydrogen-bond donors (Lipinski definition) is 0. The van der Waals surface area contributed by atoms with Gasteiger partial charge in [0.15, 0.2) is 0 Å². The summed E-state index contributed by atoms with van der Waals surface area (Å²) in [5, 5.41) is 1.72. The van der Waals surface area contributed by atoms with Gasteiger partial charge in [-0.25, -0.2) is 0 Å². The van der Waals surface area contributed by atoms with Crippen LogP contribution in [0.2, 0.25) is 0 Å². The molecule has 1 saturated carbocycles. The van der Waals surface area contributed by atoms with Crippen LogP contribution in [0.1, 0.15) is 63.1 Å². The van der Waals surface area contributed by atoms with E-state index >= 15 is 0 Å². The van der Waals surface area contributed by atoms with E-state index in [2.05, 4.69) is 27.1 Å². The Bertz CT molecular complexity index is 1850. The average Bonchev–Trinajstić information content (AvgIpc) is 3.44. The van der Waals surface area contributed by atoms with Crippen molar-refractivity contribution >= 4 is 21.9 Å². The Hall–Kier alpha value is -3.66. The van der Waals surface area contributed by atoms with Gasteiger partial charge in [-0.3, -0.25) is 9.97 Å². The number of nitrogens with zero attached hydrogens (tertiary/aromatic N) is 3. The molecule has 4 aromatic heterocycles. The molecule has 205 valence electrons. The second-order valence-electron chi connectivity index (χ2n) is 9.41. The fourth-order valence-electron chi connectivity index (χ4n) is 4.73. The smallest absolute Gasteiger partial charge is 0.142 e. The molecule has 40 heavy (non-hydrogen) atoms. The maximum absolute atomic E-state index is 8.41. The third-order valence-electron chi connectivity index (χ3n) is 6.61. The van der Waals surface area contributed by atoms with Crippen molar-refractivity contribution in [3.05, 3.63) is 126 Å². The number of aromatic nitrogens is 3. The van der Waals surface area contributed by atoms with Crippen LogP contribution in [-0.4, -0.2) is 15.0 Å². The zero-order chi connectivity index (χ0) is 32.0. The normalized spacial score (nSPS) is 15.4. The summed E-state index contributed by atoms with van der Waals surface area (Å²) in [6.45, 7) is -0.669. The third kappa shape index (κ3) is 7.29. The molecule has 0 aliphatic heterocycles. The molecule has 7 rings (SSSR count). The number of rotatable bonds is 2. The molecule has 0 N–H and O–H groups in total. The Kier molecular flexibility index (Phi) is 8.08. The summed E-state index contributed by atoms with van der Waals surface area (Å²) < 4.78 is 53.8. The van der Waals surface area contributed by atoms with Gasteiger partial charge < -0.3 is 9.40 Å². The van der Waals surface area contributed by atoms with Crippen molar-refractivity contribution in [3.8, 4) is 11.3 Å². The Labute approximate surface area is 258 Å². The largest absolute Gasteiger partial charge is 0.499 e. The quantitative estimate of drug-likeness (QED) is 0.169. The summed E-state index contributed by atoms with van der Waals surface area (Å²) in [5.74, 6) is 0.337. The molecule has 6 aromatic rings. The van der Waals surface area contributed by atoms with Crippen LogP contribution in [0.15, 0.2) is 102 Å². The van der Waals surface area contributed by atoms with Crippen molar-refractivity contribution in [2.75, 3.05) is 0 Å². The summed E-state index contributed by atoms with van der Waals surface area (Å²) >= 11 is 0. The van der Waals surface area contributed by atoms with E-state index in [-0.39, 0.29) is 31.8 Å². The van der Waals surface area contributed by atoms with Crippen LogP contribution < -0.4 is 0 Å². The van der Waals surface area contributed by atoms with Gasteiger partial charge in [-0.15, -0.1) is 18.2 Å². The van der Waals surface area contributed by atoms with E-state index in [9.17, 15) is 0 Å². The van der Waals surface area contributed by atoms with Crippen molar-refractivity contribution in [2.45, 2.75) is 51.8 Å². The zero-order valence-electron chi connectivity index (χ0n) is 28.2. The number of aryl methyl sites for hydroxylation is 1. The number of benzene rings is 2. The van der Waals surface area contributed by atoms with Gasteiger partial charge in [0, 0.05) is 60.3 Å². The molecule has 0 amide bonds. The van der Waals surface area contributed by atoms with Gasteiger partial charge in [0.05, 0.1) is 15.4 Å². The molecule has 4 heterocycles. The minimum atomic E-state index is -2.69. The van der Waals surface area contributed by atoms with Crippen LogP contribution in [-0.2, 0) is 20.1 Å². The predicted molar refractivity (Wildman–Crippen MR) is 158 cm³/mol. The molecule has 5 heteroatoms. The molecule has 0 atom stereocenters. The first-order valence-corrected chi connectivity index (χ1v) is 13.1. The molecule has 1 fully saturated rings. The topological polar surface area (TPSA) is 51.8 Å². The van der Waals surface area contributed by atoms with E-state index in [1.807, 2.05) is 67.7 Å². The van der Waals surface area contributed by atoms with Gasteiger partial charge in [0.2, 0.25) is 0 Å². The monoisotopic (exact) mass is 710 g/mol. The number of fused-ring (bicyclic) bond motifs is 3. The van der Waals surface area contributed by atoms with Crippen LogP contribution in [0.4, 0.5) is 0 Å². The van der Waals surface area contributed by atoms with Crippen molar-refractivity contribution in [1.29, 1.82) is 0 Å². The van der Waals surface area contributed by atoms with Gasteiger partial charge in [-0.05, 0) is 55.6 Å². The van der Waals surface area contributed by atoms with Crippen LogP contribution in [0.3, 0.4) is 0 Å². The van der Waals surface area contributed by atoms with Gasteiger partial charge in [-0.1, -0.05) is 48.4 Å². The summed E-state index contributed by atoms with van der Waals surface area (Å²) in [6, 6.07) is 24.1. The fraction of sp³-hybridized carbons (Fsp3) is 0.229. The SMILES string of the molecule is Cc1cccnc1.[2H]c1nc(-c2[c-]ccc3c2oc2c(C4CCCCC4)nccc23)c([2H])c([2H])c1C([2H])([2H])[2H].[Ir].[c-]1ccccc1. The average molecular weight is 710 g/mol. The van der Waals surface area contributed by atoms with Crippen molar-refractivity contribution in [1.82, 2.24) is 15.0 Å². The molecular formula is C35H33IrN3O-2. The molecular weight excluding hydrogens is 671 g/mol. The van der Waals surface area contributed by atoms with Gasteiger partial charge in [-0.2, -0.15) is 36.4 Å². The molecule has 0 unspecified atom stereocenters. The molecule has 2 aromatic carbocycles. The van der Waals surface area contributed by atoms with Crippen LogP contribution in [0.5, 0.6) is 0 Å². The maximum atomic E-state index is 8.41. The van der Waals surface area contributed by atoms with E-state index < -0.39 is 24.6 Å². The van der Waals surface area contributed by atoms with E-state index in [0.29, 0.717) is 22.6 Å². The number of hydrogen-bond acceptors (Lipinski definition) is 4. The molecule has 1 radical (unpaired) electrons. The molecule has 1 aliphatic rings. The van der Waals surface area contributed by atoms with E-state index in [1.54, 1.807) is 18.5 Å². The Morgan fingerprint density at radius 2 is 1.70 bits per heavy atom. The predicted octanol–water partition coefficient (Wildman–Crippen LogP) is 9.07. The van der Waals surface area contributed by atoms with Gasteiger partial charge in [0.25, 0.3) is 0 Å². The van der Waals surface area contributed by atoms with E-state index in [1.165, 1.54) is 24.8 Å². The Morgan fingerprint density at radius 3 is 2.35 bits per heavy atom. The summed E-state index contributed by atoms with van der Waals surface area (Å²) in [7, 11) is 0. The third-order valence-corrected chi connectivity index (χ3v) is 6.61. The molecule has 1 aliphatic carbocycles. The zero-order valence-corrected chi connectivity index (χ0v) is 24.6. The van der Waals surface area contributed by atoms with E-state index in [4.69, 9.17) is 12.6 Å². The first-order valence-electron chi connectivity index (χ1n) is 16.1.